The molecule has 6 heteroatoms. The third kappa shape index (κ3) is 3.08. The van der Waals surface area contributed by atoms with Gasteiger partial charge in [-0.05, 0) is 24.3 Å². The van der Waals surface area contributed by atoms with E-state index in [9.17, 15) is 13.0 Å². The van der Waals surface area contributed by atoms with Crippen LogP contribution in [-0.4, -0.2) is 13.0 Å². The highest BCUT2D eigenvalue weighted by molar-refractivity contribution is 7.87. The number of anilines is 1. The summed E-state index contributed by atoms with van der Waals surface area (Å²) in [6, 6.07) is 5.76. The molecule has 0 heterocycles. The van der Waals surface area contributed by atoms with Crippen LogP contribution in [0.25, 0.3) is 0 Å². The van der Waals surface area contributed by atoms with Gasteiger partial charge in [0, 0.05) is 10.7 Å². The van der Waals surface area contributed by atoms with Gasteiger partial charge in [0.15, 0.2) is 10.3 Å². The van der Waals surface area contributed by atoms with Gasteiger partial charge < -0.3 is 4.55 Å². The van der Waals surface area contributed by atoms with Crippen LogP contribution in [0.3, 0.4) is 0 Å². The largest absolute Gasteiger partial charge is 0.731 e. The van der Waals surface area contributed by atoms with Crippen molar-refractivity contribution in [1.29, 1.82) is 0 Å². The van der Waals surface area contributed by atoms with Gasteiger partial charge in [-0.3, -0.25) is 4.72 Å². The second-order valence-electron chi connectivity index (χ2n) is 2.06. The van der Waals surface area contributed by atoms with Crippen LogP contribution in [0.4, 0.5) is 5.69 Å². The summed E-state index contributed by atoms with van der Waals surface area (Å²) in [6.07, 6.45) is 0. The van der Waals surface area contributed by atoms with Gasteiger partial charge >= 0.3 is 0 Å². The van der Waals surface area contributed by atoms with E-state index in [1.807, 2.05) is 0 Å². The molecule has 0 radical (unpaired) electrons. The van der Waals surface area contributed by atoms with Crippen LogP contribution in [0.15, 0.2) is 24.3 Å². The average Bonchev–Trinajstić information content (AvgIpc) is 1.91. The zero-order chi connectivity index (χ0) is 9.19. The first-order valence-electron chi connectivity index (χ1n) is 2.96. The first-order chi connectivity index (χ1) is 5.47. The van der Waals surface area contributed by atoms with Gasteiger partial charge in [-0.2, -0.15) is 0 Å². The lowest BCUT2D eigenvalue weighted by Gasteiger charge is -2.09. The highest BCUT2D eigenvalue weighted by atomic mass is 35.5. The predicted molar refractivity (Wildman–Crippen MR) is 44.8 cm³/mol. The molecule has 1 aromatic carbocycles. The Bertz CT molecular complexity index is 359. The monoisotopic (exact) mass is 206 g/mol. The summed E-state index contributed by atoms with van der Waals surface area (Å²) < 4.78 is 32.3. The van der Waals surface area contributed by atoms with Gasteiger partial charge in [-0.1, -0.05) is 11.6 Å². The Balaban J connectivity index is 2.85. The summed E-state index contributed by atoms with van der Waals surface area (Å²) in [4.78, 5) is 0. The lowest BCUT2D eigenvalue weighted by atomic mass is 10.3. The lowest BCUT2D eigenvalue weighted by Crippen LogP contribution is -2.10. The zero-order valence-corrected chi connectivity index (χ0v) is 7.39. The van der Waals surface area contributed by atoms with Crippen molar-refractivity contribution in [2.24, 2.45) is 0 Å². The van der Waals surface area contributed by atoms with Gasteiger partial charge in [-0.25, -0.2) is 8.42 Å². The number of hydrogen-bond acceptors (Lipinski definition) is 3. The molecular formula is C6H5ClNO3S-. The summed E-state index contributed by atoms with van der Waals surface area (Å²) in [6.45, 7) is 0. The molecule has 1 rings (SSSR count). The number of rotatable bonds is 2. The maximum atomic E-state index is 10.2. The molecule has 0 aliphatic rings. The third-order valence-corrected chi connectivity index (χ3v) is 1.82. The van der Waals surface area contributed by atoms with E-state index in [-0.39, 0.29) is 5.69 Å². The SMILES string of the molecule is O=S(=O)([O-])Nc1ccc(Cl)cc1. The molecule has 0 aromatic heterocycles. The number of hydrogen-bond donors (Lipinski definition) is 1. The summed E-state index contributed by atoms with van der Waals surface area (Å²) in [5, 5.41) is 0.476. The highest BCUT2D eigenvalue weighted by Crippen LogP contribution is 2.13. The van der Waals surface area contributed by atoms with Gasteiger partial charge in [0.2, 0.25) is 0 Å². The molecule has 0 fully saturated rings. The molecular weight excluding hydrogens is 202 g/mol. The fourth-order valence-electron chi connectivity index (χ4n) is 0.662. The second kappa shape index (κ2) is 3.30. The van der Waals surface area contributed by atoms with E-state index in [0.717, 1.165) is 0 Å². The Morgan fingerprint density at radius 3 is 2.17 bits per heavy atom. The summed E-state index contributed by atoms with van der Waals surface area (Å²) in [7, 11) is -4.43. The van der Waals surface area contributed by atoms with Crippen LogP contribution in [0.2, 0.25) is 5.02 Å². The Hall–Kier alpha value is -0.780. The van der Waals surface area contributed by atoms with Crippen LogP contribution in [-0.2, 0) is 10.3 Å². The molecule has 0 aliphatic carbocycles. The molecule has 4 nitrogen and oxygen atoms in total. The van der Waals surface area contributed by atoms with Gasteiger partial charge in [0.1, 0.15) is 0 Å². The molecule has 0 bridgehead atoms. The van der Waals surface area contributed by atoms with Crippen molar-refractivity contribution >= 4 is 27.6 Å². The van der Waals surface area contributed by atoms with E-state index in [1.54, 1.807) is 4.72 Å². The maximum Gasteiger partial charge on any atom is 0.181 e. The van der Waals surface area contributed by atoms with E-state index in [0.29, 0.717) is 5.02 Å². The molecule has 12 heavy (non-hydrogen) atoms. The van der Waals surface area contributed by atoms with Gasteiger partial charge in [0.05, 0.1) is 0 Å². The second-order valence-corrected chi connectivity index (χ2v) is 3.61. The minimum atomic E-state index is -4.43. The molecule has 0 unspecified atom stereocenters. The normalized spacial score (nSPS) is 11.2. The molecule has 0 aliphatic heterocycles. The Morgan fingerprint density at radius 1 is 1.25 bits per heavy atom. The minimum absolute atomic E-state index is 0.203. The third-order valence-electron chi connectivity index (χ3n) is 1.09. The first-order valence-corrected chi connectivity index (χ1v) is 4.75. The zero-order valence-electron chi connectivity index (χ0n) is 5.82. The molecule has 1 N–H and O–H groups in total. The van der Waals surface area contributed by atoms with E-state index in [2.05, 4.69) is 0 Å². The van der Waals surface area contributed by atoms with Crippen LogP contribution < -0.4 is 4.72 Å². The average molecular weight is 207 g/mol. The maximum absolute atomic E-state index is 10.2. The van der Waals surface area contributed by atoms with Crippen molar-refractivity contribution in [2.75, 3.05) is 4.72 Å². The van der Waals surface area contributed by atoms with Crippen LogP contribution in [0.5, 0.6) is 0 Å². The van der Waals surface area contributed by atoms with Crippen molar-refractivity contribution in [2.45, 2.75) is 0 Å². The lowest BCUT2D eigenvalue weighted by molar-refractivity contribution is 0.469. The van der Waals surface area contributed by atoms with Crippen LogP contribution >= 0.6 is 11.6 Å². The minimum Gasteiger partial charge on any atom is -0.731 e. The van der Waals surface area contributed by atoms with E-state index >= 15 is 0 Å². The molecule has 0 spiro atoms. The topological polar surface area (TPSA) is 69.2 Å². The number of benzene rings is 1. The summed E-state index contributed by atoms with van der Waals surface area (Å²) >= 11 is 5.53. The quantitative estimate of drug-likeness (QED) is 0.740. The standard InChI is InChI=1S/C6H6ClNO3S/c7-5-1-3-6(4-2-5)8-12(9,10)11/h1-4,8H,(H,9,10,11)/p-1. The van der Waals surface area contributed by atoms with E-state index in [4.69, 9.17) is 11.6 Å². The summed E-state index contributed by atoms with van der Waals surface area (Å²) in [5.41, 5.74) is 0.203. The molecule has 0 atom stereocenters. The molecule has 66 valence electrons. The smallest absolute Gasteiger partial charge is 0.181 e. The highest BCUT2D eigenvalue weighted by Gasteiger charge is 1.94. The molecule has 0 saturated heterocycles. The molecule has 0 saturated carbocycles. The molecule has 0 amide bonds. The van der Waals surface area contributed by atoms with Crippen molar-refractivity contribution in [3.05, 3.63) is 29.3 Å². The van der Waals surface area contributed by atoms with Crippen molar-refractivity contribution in [3.63, 3.8) is 0 Å². The van der Waals surface area contributed by atoms with Gasteiger partial charge in [-0.15, -0.1) is 0 Å². The number of nitrogens with one attached hydrogen (secondary N) is 1. The van der Waals surface area contributed by atoms with Gasteiger partial charge in [0.25, 0.3) is 0 Å². The Labute approximate surface area is 75.0 Å². The Kier molecular flexibility index (Phi) is 2.56. The van der Waals surface area contributed by atoms with Crippen molar-refractivity contribution in [1.82, 2.24) is 0 Å². The van der Waals surface area contributed by atoms with Crippen molar-refractivity contribution < 1.29 is 13.0 Å². The fourth-order valence-corrected chi connectivity index (χ4v) is 1.21. The Morgan fingerprint density at radius 2 is 1.75 bits per heavy atom. The predicted octanol–water partition coefficient (Wildman–Crippen LogP) is 1.21. The van der Waals surface area contributed by atoms with E-state index in [1.165, 1.54) is 24.3 Å². The number of halogens is 1. The summed E-state index contributed by atoms with van der Waals surface area (Å²) in [5.74, 6) is 0. The molecule has 1 aromatic rings. The van der Waals surface area contributed by atoms with E-state index < -0.39 is 10.3 Å². The van der Waals surface area contributed by atoms with Crippen molar-refractivity contribution in [3.8, 4) is 0 Å². The van der Waals surface area contributed by atoms with Crippen LogP contribution in [0.1, 0.15) is 0 Å². The fraction of sp³-hybridized carbons (Fsp3) is 0. The van der Waals surface area contributed by atoms with Crippen LogP contribution in [0, 0.1) is 0 Å². The first kappa shape index (κ1) is 9.31.